The molecule has 1 aliphatic rings. The molecular formula is C9H16ClNO2. The van der Waals surface area contributed by atoms with Crippen LogP contribution in [0.15, 0.2) is 0 Å². The van der Waals surface area contributed by atoms with Crippen LogP contribution >= 0.6 is 11.6 Å². The quantitative estimate of drug-likeness (QED) is 0.700. The van der Waals surface area contributed by atoms with Crippen molar-refractivity contribution in [1.29, 1.82) is 0 Å². The summed E-state index contributed by atoms with van der Waals surface area (Å²) in [4.78, 5) is 11.5. The van der Waals surface area contributed by atoms with Gasteiger partial charge in [-0.2, -0.15) is 0 Å². The molecule has 0 spiro atoms. The van der Waals surface area contributed by atoms with Crippen molar-refractivity contribution in [3.05, 3.63) is 0 Å². The zero-order chi connectivity index (χ0) is 9.90. The van der Waals surface area contributed by atoms with Gasteiger partial charge in [0.05, 0.1) is 11.5 Å². The number of alkyl halides is 1. The van der Waals surface area contributed by atoms with Gasteiger partial charge in [-0.05, 0) is 20.3 Å². The van der Waals surface area contributed by atoms with Gasteiger partial charge in [-0.25, -0.2) is 0 Å². The number of ether oxygens (including phenoxy) is 1. The first kappa shape index (κ1) is 10.8. The third-order valence-corrected chi connectivity index (χ3v) is 2.90. The molecule has 0 aliphatic carbocycles. The summed E-state index contributed by atoms with van der Waals surface area (Å²) < 4.78 is 5.18. The molecule has 4 heteroatoms. The van der Waals surface area contributed by atoms with Crippen LogP contribution < -0.4 is 5.32 Å². The minimum Gasteiger partial charge on any atom is -0.376 e. The number of halogens is 1. The molecule has 1 atom stereocenters. The standard InChI is InChI=1S/C9H16ClNO2/c1-9(2,6-10)8(12)11-5-7-3-4-13-7/h7H,3-6H2,1-2H3,(H,11,12). The van der Waals surface area contributed by atoms with E-state index >= 15 is 0 Å². The predicted octanol–water partition coefficient (Wildman–Crippen LogP) is 1.16. The summed E-state index contributed by atoms with van der Waals surface area (Å²) in [6.07, 6.45) is 1.26. The first-order valence-corrected chi connectivity index (χ1v) is 5.05. The molecule has 13 heavy (non-hydrogen) atoms. The van der Waals surface area contributed by atoms with Gasteiger partial charge in [0.1, 0.15) is 0 Å². The fourth-order valence-corrected chi connectivity index (χ4v) is 1.07. The van der Waals surface area contributed by atoms with Crippen molar-refractivity contribution in [3.8, 4) is 0 Å². The van der Waals surface area contributed by atoms with E-state index in [2.05, 4.69) is 5.32 Å². The number of hydrogen-bond acceptors (Lipinski definition) is 2. The van der Waals surface area contributed by atoms with Crippen LogP contribution in [0, 0.1) is 5.41 Å². The van der Waals surface area contributed by atoms with Crippen molar-refractivity contribution in [1.82, 2.24) is 5.32 Å². The second-order valence-corrected chi connectivity index (χ2v) is 4.28. The Bertz CT molecular complexity index is 190. The molecule has 1 aliphatic heterocycles. The second kappa shape index (κ2) is 4.29. The Morgan fingerprint density at radius 1 is 1.69 bits per heavy atom. The maximum atomic E-state index is 11.5. The average molecular weight is 206 g/mol. The Morgan fingerprint density at radius 3 is 2.69 bits per heavy atom. The molecule has 1 saturated heterocycles. The smallest absolute Gasteiger partial charge is 0.226 e. The van der Waals surface area contributed by atoms with Crippen molar-refractivity contribution in [2.24, 2.45) is 5.41 Å². The van der Waals surface area contributed by atoms with Crippen molar-refractivity contribution in [3.63, 3.8) is 0 Å². The lowest BCUT2D eigenvalue weighted by Gasteiger charge is -2.28. The van der Waals surface area contributed by atoms with E-state index < -0.39 is 5.41 Å². The Kier molecular flexibility index (Phi) is 3.56. The minimum atomic E-state index is -0.481. The van der Waals surface area contributed by atoms with Gasteiger partial charge in [0.15, 0.2) is 0 Å². The Morgan fingerprint density at radius 2 is 2.31 bits per heavy atom. The number of rotatable bonds is 4. The fourth-order valence-electron chi connectivity index (χ4n) is 0.952. The van der Waals surface area contributed by atoms with E-state index in [9.17, 15) is 4.79 Å². The van der Waals surface area contributed by atoms with E-state index in [0.717, 1.165) is 13.0 Å². The number of hydrogen-bond donors (Lipinski definition) is 1. The molecule has 0 aromatic rings. The molecule has 0 bridgehead atoms. The van der Waals surface area contributed by atoms with Crippen LogP contribution in [0.25, 0.3) is 0 Å². The van der Waals surface area contributed by atoms with Crippen LogP contribution in [-0.2, 0) is 9.53 Å². The highest BCUT2D eigenvalue weighted by atomic mass is 35.5. The molecule has 0 saturated carbocycles. The molecule has 0 aromatic carbocycles. The van der Waals surface area contributed by atoms with E-state index in [-0.39, 0.29) is 12.0 Å². The summed E-state index contributed by atoms with van der Waals surface area (Å²) in [6, 6.07) is 0. The normalized spacial score (nSPS) is 22.2. The van der Waals surface area contributed by atoms with Crippen LogP contribution in [-0.4, -0.2) is 31.0 Å². The topological polar surface area (TPSA) is 38.3 Å². The monoisotopic (exact) mass is 205 g/mol. The lowest BCUT2D eigenvalue weighted by atomic mass is 9.95. The Balaban J connectivity index is 2.23. The predicted molar refractivity (Wildman–Crippen MR) is 51.9 cm³/mol. The van der Waals surface area contributed by atoms with Gasteiger partial charge in [0.25, 0.3) is 0 Å². The molecule has 76 valence electrons. The maximum absolute atomic E-state index is 11.5. The van der Waals surface area contributed by atoms with Gasteiger partial charge >= 0.3 is 0 Å². The van der Waals surface area contributed by atoms with Gasteiger partial charge in [-0.3, -0.25) is 4.79 Å². The van der Waals surface area contributed by atoms with E-state index in [1.807, 2.05) is 13.8 Å². The van der Waals surface area contributed by atoms with Crippen molar-refractivity contribution >= 4 is 17.5 Å². The third-order valence-electron chi connectivity index (χ3n) is 2.23. The summed E-state index contributed by atoms with van der Waals surface area (Å²) in [5.74, 6) is 0.336. The number of amides is 1. The van der Waals surface area contributed by atoms with Gasteiger partial charge in [0.2, 0.25) is 5.91 Å². The second-order valence-electron chi connectivity index (χ2n) is 4.01. The molecule has 0 radical (unpaired) electrons. The molecule has 1 heterocycles. The molecular weight excluding hydrogens is 190 g/mol. The SMILES string of the molecule is CC(C)(CCl)C(=O)NCC1CCO1. The Hall–Kier alpha value is -0.280. The van der Waals surface area contributed by atoms with Crippen LogP contribution in [0.2, 0.25) is 0 Å². The van der Waals surface area contributed by atoms with Crippen LogP contribution in [0.1, 0.15) is 20.3 Å². The van der Waals surface area contributed by atoms with Gasteiger partial charge in [0, 0.05) is 19.0 Å². The number of nitrogens with one attached hydrogen (secondary N) is 1. The Labute approximate surface area is 83.8 Å². The highest BCUT2D eigenvalue weighted by Crippen LogP contribution is 2.17. The maximum Gasteiger partial charge on any atom is 0.226 e. The highest BCUT2D eigenvalue weighted by molar-refractivity contribution is 6.19. The number of carbonyl (C=O) groups is 1. The zero-order valence-electron chi connectivity index (χ0n) is 8.10. The summed E-state index contributed by atoms with van der Waals surface area (Å²) >= 11 is 5.66. The summed E-state index contributed by atoms with van der Waals surface area (Å²) in [6.45, 7) is 5.09. The fraction of sp³-hybridized carbons (Fsp3) is 0.889. The summed E-state index contributed by atoms with van der Waals surface area (Å²) in [5.41, 5.74) is -0.481. The van der Waals surface area contributed by atoms with Gasteiger partial charge in [-0.15, -0.1) is 11.6 Å². The van der Waals surface area contributed by atoms with Crippen LogP contribution in [0.4, 0.5) is 0 Å². The van der Waals surface area contributed by atoms with E-state index in [1.165, 1.54) is 0 Å². The third kappa shape index (κ3) is 2.85. The molecule has 0 aromatic heterocycles. The first-order valence-electron chi connectivity index (χ1n) is 4.52. The van der Waals surface area contributed by atoms with Gasteiger partial charge in [-0.1, -0.05) is 0 Å². The molecule has 1 fully saturated rings. The highest BCUT2D eigenvalue weighted by Gasteiger charge is 2.27. The van der Waals surface area contributed by atoms with E-state index in [1.54, 1.807) is 0 Å². The lowest BCUT2D eigenvalue weighted by molar-refractivity contribution is -0.130. The molecule has 1 unspecified atom stereocenters. The largest absolute Gasteiger partial charge is 0.376 e. The molecule has 1 amide bonds. The van der Waals surface area contributed by atoms with Crippen molar-refractivity contribution in [2.75, 3.05) is 19.0 Å². The molecule has 1 rings (SSSR count). The van der Waals surface area contributed by atoms with Gasteiger partial charge < -0.3 is 10.1 Å². The average Bonchev–Trinajstić information content (AvgIpc) is 2.01. The van der Waals surface area contributed by atoms with E-state index in [0.29, 0.717) is 12.4 Å². The van der Waals surface area contributed by atoms with E-state index in [4.69, 9.17) is 16.3 Å². The van der Waals surface area contributed by atoms with Crippen LogP contribution in [0.3, 0.4) is 0 Å². The zero-order valence-corrected chi connectivity index (χ0v) is 8.86. The van der Waals surface area contributed by atoms with Crippen LogP contribution in [0.5, 0.6) is 0 Å². The lowest BCUT2D eigenvalue weighted by Crippen LogP contribution is -2.45. The molecule has 3 nitrogen and oxygen atoms in total. The number of carbonyl (C=O) groups excluding carboxylic acids is 1. The minimum absolute atomic E-state index is 0.00185. The summed E-state index contributed by atoms with van der Waals surface area (Å²) in [7, 11) is 0. The van der Waals surface area contributed by atoms with Crippen molar-refractivity contribution < 1.29 is 9.53 Å². The van der Waals surface area contributed by atoms with Crippen molar-refractivity contribution in [2.45, 2.75) is 26.4 Å². The summed E-state index contributed by atoms with van der Waals surface area (Å²) in [5, 5.41) is 2.83. The first-order chi connectivity index (χ1) is 6.06. The molecule has 1 N–H and O–H groups in total.